The summed E-state index contributed by atoms with van der Waals surface area (Å²) in [4.78, 5) is 4.13. The molecule has 0 aromatic heterocycles. The molecule has 12 heavy (non-hydrogen) atoms. The van der Waals surface area contributed by atoms with Crippen LogP contribution in [0.15, 0.2) is 42.1 Å². The predicted octanol–water partition coefficient (Wildman–Crippen LogP) is 3.36. The Hall–Kier alpha value is -1.11. The third kappa shape index (κ3) is 3.33. The lowest BCUT2D eigenvalue weighted by atomic mass is 9.99. The van der Waals surface area contributed by atoms with Crippen LogP contribution in [0.3, 0.4) is 0 Å². The van der Waals surface area contributed by atoms with Crippen LogP contribution in [0.25, 0.3) is 0 Å². The van der Waals surface area contributed by atoms with Gasteiger partial charge in [-0.25, -0.2) is 0 Å². The normalized spacial score (nSPS) is 13.3. The molecule has 0 radical (unpaired) electrons. The molecule has 0 atom stereocenters. The highest BCUT2D eigenvalue weighted by atomic mass is 14.7. The largest absolute Gasteiger partial charge is 0.262 e. The van der Waals surface area contributed by atoms with Gasteiger partial charge in [-0.3, -0.25) is 4.99 Å². The summed E-state index contributed by atoms with van der Waals surface area (Å²) in [6.07, 6.45) is 5.35. The minimum Gasteiger partial charge on any atom is -0.262 e. The van der Waals surface area contributed by atoms with Gasteiger partial charge in [-0.2, -0.15) is 0 Å². The molecule has 0 saturated carbocycles. The maximum atomic E-state index is 4.13. The number of hydrogen-bond acceptors (Lipinski definition) is 1. The lowest BCUT2D eigenvalue weighted by molar-refractivity contribution is 0.802. The molecule has 0 unspecified atom stereocenters. The number of allylic oxidation sites excluding steroid dienone is 3. The Kier molecular flexibility index (Phi) is 5.02. The molecule has 0 N–H and O–H groups in total. The SMILES string of the molecule is C=C/C=C(\C(C)=NC=C)C(C)C. The van der Waals surface area contributed by atoms with Crippen LogP contribution < -0.4 is 0 Å². The monoisotopic (exact) mass is 163 g/mol. The summed E-state index contributed by atoms with van der Waals surface area (Å²) in [5.41, 5.74) is 2.23. The molecule has 0 amide bonds. The van der Waals surface area contributed by atoms with E-state index < -0.39 is 0 Å². The average Bonchev–Trinajstić information content (AvgIpc) is 1.99. The molecule has 0 rings (SSSR count). The van der Waals surface area contributed by atoms with Crippen molar-refractivity contribution in [1.29, 1.82) is 0 Å². The highest BCUT2D eigenvalue weighted by molar-refractivity contribution is 5.99. The Morgan fingerprint density at radius 2 is 1.92 bits per heavy atom. The molecular weight excluding hydrogens is 146 g/mol. The molecule has 0 aromatic carbocycles. The molecule has 1 nitrogen and oxygen atoms in total. The van der Waals surface area contributed by atoms with Crippen molar-refractivity contribution in [2.75, 3.05) is 0 Å². The first-order valence-electron chi connectivity index (χ1n) is 4.11. The second-order valence-electron chi connectivity index (χ2n) is 2.91. The van der Waals surface area contributed by atoms with E-state index in [0.29, 0.717) is 5.92 Å². The average molecular weight is 163 g/mol. The molecule has 0 spiro atoms. The van der Waals surface area contributed by atoms with Crippen LogP contribution >= 0.6 is 0 Å². The summed E-state index contributed by atoms with van der Waals surface area (Å²) in [6, 6.07) is 0. The quantitative estimate of drug-likeness (QED) is 0.445. The van der Waals surface area contributed by atoms with Gasteiger partial charge >= 0.3 is 0 Å². The first kappa shape index (κ1) is 10.9. The van der Waals surface area contributed by atoms with Crippen LogP contribution in [0.5, 0.6) is 0 Å². The van der Waals surface area contributed by atoms with Gasteiger partial charge in [0, 0.05) is 11.9 Å². The highest BCUT2D eigenvalue weighted by Crippen LogP contribution is 2.11. The lowest BCUT2D eigenvalue weighted by Gasteiger charge is -2.09. The zero-order valence-electron chi connectivity index (χ0n) is 8.17. The Morgan fingerprint density at radius 1 is 1.33 bits per heavy atom. The lowest BCUT2D eigenvalue weighted by Crippen LogP contribution is -2.03. The number of rotatable bonds is 4. The molecule has 1 heteroatoms. The smallest absolute Gasteiger partial charge is 0.0406 e. The van der Waals surface area contributed by atoms with E-state index in [2.05, 4.69) is 32.0 Å². The van der Waals surface area contributed by atoms with Crippen LogP contribution in [0, 0.1) is 5.92 Å². The van der Waals surface area contributed by atoms with E-state index in [1.165, 1.54) is 5.57 Å². The molecule has 0 aliphatic heterocycles. The molecule has 0 aliphatic rings. The maximum absolute atomic E-state index is 4.13. The van der Waals surface area contributed by atoms with E-state index in [-0.39, 0.29) is 0 Å². The van der Waals surface area contributed by atoms with Gasteiger partial charge in [-0.05, 0) is 18.4 Å². The van der Waals surface area contributed by atoms with Crippen LogP contribution in [0.4, 0.5) is 0 Å². The standard InChI is InChI=1S/C11H17N/c1-6-8-11(9(3)4)10(5)12-7-2/h6-9H,1-2H2,3-5H3/b11-8-,12-10?. The van der Waals surface area contributed by atoms with Gasteiger partial charge < -0.3 is 0 Å². The molecule has 0 fully saturated rings. The summed E-state index contributed by atoms with van der Waals surface area (Å²) in [6.45, 7) is 13.5. The second kappa shape index (κ2) is 5.53. The van der Waals surface area contributed by atoms with Gasteiger partial charge in [0.15, 0.2) is 0 Å². The molecule has 0 heterocycles. The first-order valence-corrected chi connectivity index (χ1v) is 4.11. The third-order valence-electron chi connectivity index (χ3n) is 1.62. The van der Waals surface area contributed by atoms with Crippen molar-refractivity contribution >= 4 is 5.71 Å². The minimum absolute atomic E-state index is 0.478. The number of nitrogens with zero attached hydrogens (tertiary/aromatic N) is 1. The van der Waals surface area contributed by atoms with Gasteiger partial charge in [0.25, 0.3) is 0 Å². The first-order chi connectivity index (χ1) is 5.63. The van der Waals surface area contributed by atoms with E-state index in [9.17, 15) is 0 Å². The summed E-state index contributed by atoms with van der Waals surface area (Å²) in [7, 11) is 0. The van der Waals surface area contributed by atoms with E-state index in [0.717, 1.165) is 5.71 Å². The maximum Gasteiger partial charge on any atom is 0.0406 e. The number of hydrogen-bond donors (Lipinski definition) is 0. The van der Waals surface area contributed by atoms with Crippen molar-refractivity contribution < 1.29 is 0 Å². The molecule has 0 saturated heterocycles. The van der Waals surface area contributed by atoms with E-state index >= 15 is 0 Å². The Balaban J connectivity index is 4.74. The van der Waals surface area contributed by atoms with E-state index in [4.69, 9.17) is 0 Å². The van der Waals surface area contributed by atoms with Crippen molar-refractivity contribution in [3.63, 3.8) is 0 Å². The fraction of sp³-hybridized carbons (Fsp3) is 0.364. The van der Waals surface area contributed by atoms with Gasteiger partial charge in [0.1, 0.15) is 0 Å². The zero-order valence-corrected chi connectivity index (χ0v) is 8.17. The molecule has 0 aromatic rings. The predicted molar refractivity (Wildman–Crippen MR) is 56.4 cm³/mol. The number of aliphatic imine (C=N–C) groups is 1. The molecule has 0 bridgehead atoms. The Morgan fingerprint density at radius 3 is 2.25 bits per heavy atom. The van der Waals surface area contributed by atoms with E-state index in [1.54, 1.807) is 12.3 Å². The third-order valence-corrected chi connectivity index (χ3v) is 1.62. The van der Waals surface area contributed by atoms with Gasteiger partial charge in [-0.1, -0.05) is 39.2 Å². The molecule has 66 valence electrons. The fourth-order valence-corrected chi connectivity index (χ4v) is 1.07. The van der Waals surface area contributed by atoms with Crippen LogP contribution in [0.1, 0.15) is 20.8 Å². The van der Waals surface area contributed by atoms with Crippen LogP contribution in [-0.4, -0.2) is 5.71 Å². The van der Waals surface area contributed by atoms with Gasteiger partial charge in [0.2, 0.25) is 0 Å². The minimum atomic E-state index is 0.478. The van der Waals surface area contributed by atoms with Crippen molar-refractivity contribution in [3.8, 4) is 0 Å². The molecular formula is C11H17N. The second-order valence-corrected chi connectivity index (χ2v) is 2.91. The highest BCUT2D eigenvalue weighted by Gasteiger charge is 2.04. The van der Waals surface area contributed by atoms with E-state index in [1.807, 2.05) is 13.0 Å². The fourth-order valence-electron chi connectivity index (χ4n) is 1.07. The molecule has 0 aliphatic carbocycles. The van der Waals surface area contributed by atoms with Crippen LogP contribution in [-0.2, 0) is 0 Å². The summed E-state index contributed by atoms with van der Waals surface area (Å²) in [5, 5.41) is 0. The van der Waals surface area contributed by atoms with Crippen molar-refractivity contribution in [2.24, 2.45) is 10.9 Å². The Labute approximate surface area is 75.2 Å². The summed E-state index contributed by atoms with van der Waals surface area (Å²) >= 11 is 0. The van der Waals surface area contributed by atoms with Crippen molar-refractivity contribution in [3.05, 3.63) is 37.1 Å². The summed E-state index contributed by atoms with van der Waals surface area (Å²) in [5.74, 6) is 0.478. The topological polar surface area (TPSA) is 12.4 Å². The zero-order chi connectivity index (χ0) is 9.56. The Bertz CT molecular complexity index is 219. The van der Waals surface area contributed by atoms with Crippen LogP contribution in [0.2, 0.25) is 0 Å². The summed E-state index contributed by atoms with van der Waals surface area (Å²) < 4.78 is 0. The van der Waals surface area contributed by atoms with Crippen molar-refractivity contribution in [1.82, 2.24) is 0 Å². The van der Waals surface area contributed by atoms with Gasteiger partial charge in [-0.15, -0.1) is 0 Å². The van der Waals surface area contributed by atoms with Crippen molar-refractivity contribution in [2.45, 2.75) is 20.8 Å². The van der Waals surface area contributed by atoms with Gasteiger partial charge in [0.05, 0.1) is 0 Å².